The molecule has 2 aromatic carbocycles. The summed E-state index contributed by atoms with van der Waals surface area (Å²) in [4.78, 5) is 4.09. The van der Waals surface area contributed by atoms with Crippen LogP contribution in [0.1, 0.15) is 11.1 Å². The minimum absolute atomic E-state index is 0.0325. The van der Waals surface area contributed by atoms with E-state index in [1.54, 1.807) is 42.7 Å². The Bertz CT molecular complexity index is 1130. The second-order valence-corrected chi connectivity index (χ2v) is 9.27. The summed E-state index contributed by atoms with van der Waals surface area (Å²) in [7, 11) is -3.71. The molecule has 30 heavy (non-hydrogen) atoms. The first-order chi connectivity index (χ1) is 14.3. The Balaban J connectivity index is 1.57. The molecule has 0 spiro atoms. The van der Waals surface area contributed by atoms with Gasteiger partial charge in [0.1, 0.15) is 0 Å². The van der Waals surface area contributed by atoms with Gasteiger partial charge in [-0.05, 0) is 77.9 Å². The van der Waals surface area contributed by atoms with Gasteiger partial charge < -0.3 is 10.6 Å². The zero-order valence-electron chi connectivity index (χ0n) is 15.6. The quantitative estimate of drug-likeness (QED) is 0.436. The number of aromatic nitrogens is 1. The number of nitrogens with one attached hydrogen (secondary N) is 3. The standard InChI is InChI=1S/C20H18Cl2N4O2S2/c21-16-1-6-19(22)15(11-16)13-25-30(27,28)18-4-2-17(3-5-18)26-20(29)24-12-14-7-9-23-10-8-14/h1-11,25H,12-13H2,(H2,24,26,29). The van der Waals surface area contributed by atoms with E-state index in [-0.39, 0.29) is 11.4 Å². The molecule has 6 nitrogen and oxygen atoms in total. The number of benzene rings is 2. The third-order valence-electron chi connectivity index (χ3n) is 4.09. The maximum absolute atomic E-state index is 12.5. The lowest BCUT2D eigenvalue weighted by molar-refractivity contribution is 0.581. The average Bonchev–Trinajstić information content (AvgIpc) is 2.74. The van der Waals surface area contributed by atoms with Crippen LogP contribution in [0.4, 0.5) is 5.69 Å². The summed E-state index contributed by atoms with van der Waals surface area (Å²) in [6.45, 7) is 0.585. The van der Waals surface area contributed by atoms with Gasteiger partial charge in [-0.25, -0.2) is 13.1 Å². The van der Waals surface area contributed by atoms with E-state index in [1.807, 2.05) is 12.1 Å². The highest BCUT2D eigenvalue weighted by Gasteiger charge is 2.15. The maximum atomic E-state index is 12.5. The predicted molar refractivity (Wildman–Crippen MR) is 124 cm³/mol. The normalized spacial score (nSPS) is 11.1. The van der Waals surface area contributed by atoms with Crippen LogP contribution < -0.4 is 15.4 Å². The first kappa shape index (κ1) is 22.5. The Labute approximate surface area is 190 Å². The van der Waals surface area contributed by atoms with Crippen molar-refractivity contribution in [2.75, 3.05) is 5.32 Å². The fourth-order valence-corrected chi connectivity index (χ4v) is 4.09. The van der Waals surface area contributed by atoms with Gasteiger partial charge in [-0.3, -0.25) is 4.98 Å². The van der Waals surface area contributed by atoms with Crippen LogP contribution in [0, 0.1) is 0 Å². The van der Waals surface area contributed by atoms with Crippen molar-refractivity contribution < 1.29 is 8.42 Å². The van der Waals surface area contributed by atoms with E-state index in [0.717, 1.165) is 5.56 Å². The molecule has 0 atom stereocenters. The molecule has 0 unspecified atom stereocenters. The van der Waals surface area contributed by atoms with Crippen molar-refractivity contribution in [3.05, 3.63) is 88.2 Å². The minimum Gasteiger partial charge on any atom is -0.358 e. The topological polar surface area (TPSA) is 83.1 Å². The van der Waals surface area contributed by atoms with Crippen molar-refractivity contribution >= 4 is 56.2 Å². The molecular formula is C20H18Cl2N4O2S2. The van der Waals surface area contributed by atoms with E-state index in [0.29, 0.717) is 33.0 Å². The summed E-state index contributed by atoms with van der Waals surface area (Å²) < 4.78 is 27.6. The minimum atomic E-state index is -3.71. The summed E-state index contributed by atoms with van der Waals surface area (Å²) in [5.41, 5.74) is 2.30. The first-order valence-corrected chi connectivity index (χ1v) is 11.5. The van der Waals surface area contributed by atoms with Crippen molar-refractivity contribution in [2.24, 2.45) is 0 Å². The van der Waals surface area contributed by atoms with Gasteiger partial charge in [0.15, 0.2) is 5.11 Å². The largest absolute Gasteiger partial charge is 0.358 e. The maximum Gasteiger partial charge on any atom is 0.240 e. The van der Waals surface area contributed by atoms with Gasteiger partial charge in [0.2, 0.25) is 10.0 Å². The molecule has 3 aromatic rings. The van der Waals surface area contributed by atoms with Crippen LogP contribution in [-0.2, 0) is 23.1 Å². The van der Waals surface area contributed by atoms with Gasteiger partial charge in [-0.2, -0.15) is 0 Å². The highest BCUT2D eigenvalue weighted by atomic mass is 35.5. The monoisotopic (exact) mass is 480 g/mol. The Hall–Kier alpha value is -2.23. The summed E-state index contributed by atoms with van der Waals surface area (Å²) in [5, 5.41) is 7.45. The molecule has 0 aliphatic rings. The molecule has 10 heteroatoms. The van der Waals surface area contributed by atoms with Crippen molar-refractivity contribution in [1.82, 2.24) is 15.0 Å². The molecule has 0 aliphatic heterocycles. The molecule has 0 saturated heterocycles. The van der Waals surface area contributed by atoms with Crippen LogP contribution in [0.25, 0.3) is 0 Å². The van der Waals surface area contributed by atoms with Gasteiger partial charge in [0.25, 0.3) is 0 Å². The molecule has 1 heterocycles. The lowest BCUT2D eigenvalue weighted by atomic mass is 10.2. The van der Waals surface area contributed by atoms with Gasteiger partial charge >= 0.3 is 0 Å². The van der Waals surface area contributed by atoms with Crippen molar-refractivity contribution in [3.63, 3.8) is 0 Å². The molecule has 1 aromatic heterocycles. The highest BCUT2D eigenvalue weighted by molar-refractivity contribution is 7.89. The number of anilines is 1. The molecule has 0 fully saturated rings. The van der Waals surface area contributed by atoms with Crippen LogP contribution in [0.15, 0.2) is 71.9 Å². The van der Waals surface area contributed by atoms with E-state index in [9.17, 15) is 8.42 Å². The van der Waals surface area contributed by atoms with E-state index >= 15 is 0 Å². The van der Waals surface area contributed by atoms with E-state index in [1.165, 1.54) is 12.1 Å². The zero-order valence-corrected chi connectivity index (χ0v) is 18.7. The number of rotatable bonds is 7. The van der Waals surface area contributed by atoms with Crippen LogP contribution in [0.5, 0.6) is 0 Å². The number of sulfonamides is 1. The second-order valence-electron chi connectivity index (χ2n) is 6.25. The number of hydrogen-bond acceptors (Lipinski definition) is 4. The fraction of sp³-hybridized carbons (Fsp3) is 0.100. The predicted octanol–water partition coefficient (Wildman–Crippen LogP) is 4.35. The lowest BCUT2D eigenvalue weighted by Crippen LogP contribution is -2.28. The van der Waals surface area contributed by atoms with Gasteiger partial charge in [0, 0.05) is 41.2 Å². The fourth-order valence-electron chi connectivity index (χ4n) is 2.51. The summed E-state index contributed by atoms with van der Waals surface area (Å²) >= 11 is 17.3. The van der Waals surface area contributed by atoms with Crippen LogP contribution in [0.3, 0.4) is 0 Å². The van der Waals surface area contributed by atoms with E-state index in [2.05, 4.69) is 20.3 Å². The second kappa shape index (κ2) is 10.2. The summed E-state index contributed by atoms with van der Waals surface area (Å²) in [5.74, 6) is 0. The Morgan fingerprint density at radius 1 is 0.967 bits per heavy atom. The summed E-state index contributed by atoms with van der Waals surface area (Å²) in [6, 6.07) is 14.9. The van der Waals surface area contributed by atoms with Gasteiger partial charge in [-0.1, -0.05) is 23.2 Å². The van der Waals surface area contributed by atoms with Crippen LogP contribution in [0.2, 0.25) is 10.0 Å². The number of hydrogen-bond donors (Lipinski definition) is 3. The van der Waals surface area contributed by atoms with Crippen molar-refractivity contribution in [1.29, 1.82) is 0 Å². The van der Waals surface area contributed by atoms with E-state index in [4.69, 9.17) is 35.4 Å². The van der Waals surface area contributed by atoms with Crippen molar-refractivity contribution in [2.45, 2.75) is 18.0 Å². The number of pyridine rings is 1. The third kappa shape index (κ3) is 6.38. The Morgan fingerprint density at radius 3 is 2.37 bits per heavy atom. The Kier molecular flexibility index (Phi) is 7.63. The van der Waals surface area contributed by atoms with Gasteiger partial charge in [-0.15, -0.1) is 0 Å². The molecule has 156 valence electrons. The Morgan fingerprint density at radius 2 is 1.67 bits per heavy atom. The SMILES string of the molecule is O=S(=O)(NCc1cc(Cl)ccc1Cl)c1ccc(NC(=S)NCc2ccncc2)cc1. The molecule has 0 amide bonds. The number of nitrogens with zero attached hydrogens (tertiary/aromatic N) is 1. The first-order valence-electron chi connectivity index (χ1n) is 8.81. The zero-order chi connectivity index (χ0) is 21.6. The lowest BCUT2D eigenvalue weighted by Gasteiger charge is -2.12. The molecule has 3 rings (SSSR count). The molecule has 0 aliphatic carbocycles. The highest BCUT2D eigenvalue weighted by Crippen LogP contribution is 2.21. The van der Waals surface area contributed by atoms with Crippen molar-refractivity contribution in [3.8, 4) is 0 Å². The molecule has 3 N–H and O–H groups in total. The van der Waals surface area contributed by atoms with E-state index < -0.39 is 10.0 Å². The number of halogens is 2. The summed E-state index contributed by atoms with van der Waals surface area (Å²) in [6.07, 6.45) is 3.42. The number of thiocarbonyl (C=S) groups is 1. The average molecular weight is 481 g/mol. The molecular weight excluding hydrogens is 463 g/mol. The smallest absolute Gasteiger partial charge is 0.240 e. The van der Waals surface area contributed by atoms with Crippen LogP contribution >= 0.6 is 35.4 Å². The molecule has 0 bridgehead atoms. The van der Waals surface area contributed by atoms with Gasteiger partial charge in [0.05, 0.1) is 4.90 Å². The third-order valence-corrected chi connectivity index (χ3v) is 6.35. The molecule has 0 saturated carbocycles. The van der Waals surface area contributed by atoms with Crippen LogP contribution in [-0.4, -0.2) is 18.5 Å². The molecule has 0 radical (unpaired) electrons.